The van der Waals surface area contributed by atoms with Crippen LogP contribution in [0, 0.1) is 5.82 Å². The number of amides is 2. The van der Waals surface area contributed by atoms with Gasteiger partial charge in [-0.2, -0.15) is 11.8 Å². The van der Waals surface area contributed by atoms with E-state index in [1.165, 1.54) is 17.8 Å². The molecule has 0 aliphatic carbocycles. The molecule has 1 heterocycles. The van der Waals surface area contributed by atoms with Crippen LogP contribution >= 0.6 is 11.8 Å². The molecule has 8 nitrogen and oxygen atoms in total. The summed E-state index contributed by atoms with van der Waals surface area (Å²) in [4.78, 5) is 43.9. The lowest BCUT2D eigenvalue weighted by molar-refractivity contribution is -0.116. The van der Waals surface area contributed by atoms with Crippen LogP contribution < -0.4 is 10.6 Å². The average molecular weight is 521 g/mol. The molecule has 1 aromatic heterocycles. The number of aromatic amines is 1. The summed E-state index contributed by atoms with van der Waals surface area (Å²) in [5, 5.41) is 5.33. The number of halogens is 1. The number of rotatable bonds is 10. The maximum Gasteiger partial charge on any atom is 0.338 e. The maximum atomic E-state index is 14.3. The molecule has 2 amide bonds. The summed E-state index contributed by atoms with van der Waals surface area (Å²) in [5.41, 5.74) is 3.33. The molecule has 0 atom stereocenters. The van der Waals surface area contributed by atoms with Gasteiger partial charge in [0, 0.05) is 23.4 Å². The third-order valence-corrected chi connectivity index (χ3v) is 6.25. The number of ether oxygens (including phenoxy) is 1. The lowest BCUT2D eigenvalue weighted by Gasteiger charge is -2.09. The number of esters is 1. The molecule has 0 bridgehead atoms. The van der Waals surface area contributed by atoms with Crippen molar-refractivity contribution < 1.29 is 23.5 Å². The standard InChI is InChI=1S/C27H25FN4O4S/c1-2-36-27(35)17-7-10-19(11-8-17)29-25(34)16-37-14-13-24(33)30-23-15-18(9-12-20(23)28)26-31-21-5-3-4-6-22(21)32-26/h3-12,15H,2,13-14,16H2,1H3,(H,29,34)(H,30,33)(H,31,32). The van der Waals surface area contributed by atoms with Crippen molar-refractivity contribution in [3.63, 3.8) is 0 Å². The van der Waals surface area contributed by atoms with Crippen molar-refractivity contribution in [1.29, 1.82) is 0 Å². The Morgan fingerprint density at radius 2 is 1.78 bits per heavy atom. The number of carbonyl (C=O) groups is 3. The topological polar surface area (TPSA) is 113 Å². The van der Waals surface area contributed by atoms with Crippen molar-refractivity contribution >= 4 is 52.0 Å². The number of hydrogen-bond acceptors (Lipinski definition) is 6. The van der Waals surface area contributed by atoms with Crippen molar-refractivity contribution in [3.8, 4) is 11.4 Å². The summed E-state index contributed by atoms with van der Waals surface area (Å²) in [6.45, 7) is 2.02. The highest BCUT2D eigenvalue weighted by Gasteiger charge is 2.12. The first-order valence-corrected chi connectivity index (χ1v) is 12.8. The smallest absolute Gasteiger partial charge is 0.338 e. The second kappa shape index (κ2) is 12.2. The molecule has 0 unspecified atom stereocenters. The van der Waals surface area contributed by atoms with E-state index >= 15 is 0 Å². The van der Waals surface area contributed by atoms with Gasteiger partial charge in [-0.3, -0.25) is 9.59 Å². The molecule has 4 rings (SSSR count). The number of para-hydroxylation sites is 2. The summed E-state index contributed by atoms with van der Waals surface area (Å²) in [6, 6.07) is 18.4. The Balaban J connectivity index is 1.23. The highest BCUT2D eigenvalue weighted by molar-refractivity contribution is 7.99. The largest absolute Gasteiger partial charge is 0.462 e. The Hall–Kier alpha value is -4.18. The summed E-state index contributed by atoms with van der Waals surface area (Å²) < 4.78 is 19.3. The van der Waals surface area contributed by atoms with Crippen molar-refractivity contribution in [3.05, 3.63) is 78.1 Å². The summed E-state index contributed by atoms with van der Waals surface area (Å²) in [6.07, 6.45) is 0.112. The minimum Gasteiger partial charge on any atom is -0.462 e. The van der Waals surface area contributed by atoms with Crippen LogP contribution in [-0.4, -0.2) is 45.9 Å². The number of hydrogen-bond donors (Lipinski definition) is 3. The Labute approximate surface area is 217 Å². The maximum absolute atomic E-state index is 14.3. The van der Waals surface area contributed by atoms with Gasteiger partial charge in [-0.1, -0.05) is 12.1 Å². The minimum absolute atomic E-state index is 0.0666. The summed E-state index contributed by atoms with van der Waals surface area (Å²) >= 11 is 1.28. The average Bonchev–Trinajstić information content (AvgIpc) is 3.33. The fourth-order valence-electron chi connectivity index (χ4n) is 3.50. The summed E-state index contributed by atoms with van der Waals surface area (Å²) in [5.74, 6) is -0.463. The van der Waals surface area contributed by atoms with Gasteiger partial charge in [-0.15, -0.1) is 0 Å². The molecule has 0 aliphatic heterocycles. The number of benzene rings is 3. The number of carbonyl (C=O) groups excluding carboxylic acids is 3. The van der Waals surface area contributed by atoms with E-state index in [9.17, 15) is 18.8 Å². The van der Waals surface area contributed by atoms with Crippen LogP contribution in [0.4, 0.5) is 15.8 Å². The van der Waals surface area contributed by atoms with E-state index in [0.717, 1.165) is 11.0 Å². The van der Waals surface area contributed by atoms with Gasteiger partial charge in [0.1, 0.15) is 11.6 Å². The summed E-state index contributed by atoms with van der Waals surface area (Å²) in [7, 11) is 0. The number of nitrogens with one attached hydrogen (secondary N) is 3. The highest BCUT2D eigenvalue weighted by Crippen LogP contribution is 2.25. The Morgan fingerprint density at radius 1 is 1.00 bits per heavy atom. The van der Waals surface area contributed by atoms with Crippen LogP contribution in [0.2, 0.25) is 0 Å². The first-order chi connectivity index (χ1) is 17.9. The zero-order chi connectivity index (χ0) is 26.2. The van der Waals surface area contributed by atoms with Gasteiger partial charge < -0.3 is 20.4 Å². The van der Waals surface area contributed by atoms with E-state index in [1.807, 2.05) is 24.3 Å². The normalized spacial score (nSPS) is 10.8. The van der Waals surface area contributed by atoms with Crippen LogP contribution in [-0.2, 0) is 14.3 Å². The third-order valence-electron chi connectivity index (χ3n) is 5.29. The Bertz CT molecular complexity index is 1390. The lowest BCUT2D eigenvalue weighted by Crippen LogP contribution is -2.16. The molecule has 4 aromatic rings. The quantitative estimate of drug-likeness (QED) is 0.195. The molecule has 0 fully saturated rings. The number of aromatic nitrogens is 2. The first-order valence-electron chi connectivity index (χ1n) is 11.6. The number of imidazole rings is 1. The second-order valence-corrected chi connectivity index (χ2v) is 9.10. The van der Waals surface area contributed by atoms with Gasteiger partial charge in [-0.25, -0.2) is 14.2 Å². The van der Waals surface area contributed by atoms with Gasteiger partial charge in [0.2, 0.25) is 11.8 Å². The predicted octanol–water partition coefficient (Wildman–Crippen LogP) is 5.25. The molecule has 10 heteroatoms. The highest BCUT2D eigenvalue weighted by atomic mass is 32.2. The third kappa shape index (κ3) is 6.95. The second-order valence-electron chi connectivity index (χ2n) is 7.99. The van der Waals surface area contributed by atoms with E-state index in [1.54, 1.807) is 43.3 Å². The van der Waals surface area contributed by atoms with Gasteiger partial charge in [0.25, 0.3) is 0 Å². The van der Waals surface area contributed by atoms with Crippen LogP contribution in [0.25, 0.3) is 22.4 Å². The molecular weight excluding hydrogens is 495 g/mol. The molecular formula is C27H25FN4O4S. The molecule has 3 aromatic carbocycles. The zero-order valence-electron chi connectivity index (χ0n) is 20.0. The van der Waals surface area contributed by atoms with Crippen LogP contribution in [0.3, 0.4) is 0 Å². The number of anilines is 2. The molecule has 190 valence electrons. The van der Waals surface area contributed by atoms with Crippen LogP contribution in [0.5, 0.6) is 0 Å². The molecule has 0 aliphatic rings. The van der Waals surface area contributed by atoms with E-state index in [-0.39, 0.29) is 36.3 Å². The fraction of sp³-hybridized carbons (Fsp3) is 0.185. The first kappa shape index (κ1) is 25.9. The SMILES string of the molecule is CCOC(=O)c1ccc(NC(=O)CSCCC(=O)Nc2cc(-c3nc4ccccc4[nH]3)ccc2F)cc1. The number of H-pyrrole nitrogens is 1. The predicted molar refractivity (Wildman–Crippen MR) is 143 cm³/mol. The monoisotopic (exact) mass is 520 g/mol. The van der Waals surface area contributed by atoms with Crippen molar-refractivity contribution in [2.24, 2.45) is 0 Å². The fourth-order valence-corrected chi connectivity index (χ4v) is 4.23. The van der Waals surface area contributed by atoms with Gasteiger partial charge in [-0.05, 0) is 61.5 Å². The van der Waals surface area contributed by atoms with Crippen molar-refractivity contribution in [2.75, 3.05) is 28.7 Å². The number of nitrogens with zero attached hydrogens (tertiary/aromatic N) is 1. The Morgan fingerprint density at radius 3 is 2.54 bits per heavy atom. The van der Waals surface area contributed by atoms with Gasteiger partial charge in [0.05, 0.1) is 34.6 Å². The molecule has 37 heavy (non-hydrogen) atoms. The zero-order valence-corrected chi connectivity index (χ0v) is 20.9. The van der Waals surface area contributed by atoms with Crippen LogP contribution in [0.15, 0.2) is 66.7 Å². The molecule has 0 saturated carbocycles. The lowest BCUT2D eigenvalue weighted by atomic mass is 10.2. The van der Waals surface area contributed by atoms with E-state index in [4.69, 9.17) is 4.74 Å². The van der Waals surface area contributed by atoms with Crippen molar-refractivity contribution in [1.82, 2.24) is 9.97 Å². The van der Waals surface area contributed by atoms with Crippen LogP contribution in [0.1, 0.15) is 23.7 Å². The van der Waals surface area contributed by atoms with Crippen molar-refractivity contribution in [2.45, 2.75) is 13.3 Å². The van der Waals surface area contributed by atoms with Gasteiger partial charge >= 0.3 is 5.97 Å². The van der Waals surface area contributed by atoms with E-state index in [0.29, 0.717) is 28.4 Å². The molecule has 3 N–H and O–H groups in total. The van der Waals surface area contributed by atoms with Gasteiger partial charge in [0.15, 0.2) is 0 Å². The minimum atomic E-state index is -0.547. The molecule has 0 radical (unpaired) electrons. The molecule has 0 spiro atoms. The molecule has 0 saturated heterocycles. The van der Waals surface area contributed by atoms with E-state index in [2.05, 4.69) is 20.6 Å². The Kier molecular flexibility index (Phi) is 8.52. The number of thioether (sulfide) groups is 1. The number of fused-ring (bicyclic) bond motifs is 1. The van der Waals surface area contributed by atoms with E-state index < -0.39 is 11.8 Å².